The number of hydrogen-bond acceptors (Lipinski definition) is 3. The van der Waals surface area contributed by atoms with E-state index in [1.165, 1.54) is 5.56 Å². The lowest BCUT2D eigenvalue weighted by molar-refractivity contribution is -0.138. The Morgan fingerprint density at radius 1 is 1.22 bits per heavy atom. The monoisotopic (exact) mass is 249 g/mol. The van der Waals surface area contributed by atoms with Crippen molar-refractivity contribution in [2.45, 2.75) is 25.8 Å². The second kappa shape index (κ2) is 5.87. The first kappa shape index (κ1) is 12.9. The van der Waals surface area contributed by atoms with Crippen molar-refractivity contribution < 1.29 is 15.0 Å². The zero-order valence-corrected chi connectivity index (χ0v) is 10.4. The number of phenols is 1. The summed E-state index contributed by atoms with van der Waals surface area (Å²) >= 11 is 0. The summed E-state index contributed by atoms with van der Waals surface area (Å²) < 4.78 is 0. The normalized spacial score (nSPS) is 17.8. The molecule has 1 aromatic rings. The van der Waals surface area contributed by atoms with Gasteiger partial charge in [-0.25, -0.2) is 0 Å². The van der Waals surface area contributed by atoms with Crippen molar-refractivity contribution in [3.8, 4) is 5.75 Å². The number of piperidine rings is 1. The second-order valence-corrected chi connectivity index (χ2v) is 4.98. The van der Waals surface area contributed by atoms with Crippen LogP contribution < -0.4 is 0 Å². The molecule has 0 bridgehead atoms. The molecule has 0 unspecified atom stereocenters. The van der Waals surface area contributed by atoms with Gasteiger partial charge in [-0.1, -0.05) is 12.1 Å². The maximum atomic E-state index is 10.6. The Hall–Kier alpha value is -1.55. The van der Waals surface area contributed by atoms with Gasteiger partial charge < -0.3 is 10.2 Å². The number of aliphatic carboxylic acids is 1. The maximum absolute atomic E-state index is 10.6. The molecule has 0 aliphatic carbocycles. The van der Waals surface area contributed by atoms with Crippen LogP contribution in [0.4, 0.5) is 0 Å². The van der Waals surface area contributed by atoms with Crippen molar-refractivity contribution in [1.29, 1.82) is 0 Å². The zero-order valence-electron chi connectivity index (χ0n) is 10.4. The fraction of sp³-hybridized carbons (Fsp3) is 0.500. The summed E-state index contributed by atoms with van der Waals surface area (Å²) in [5.74, 6) is -0.0653. The van der Waals surface area contributed by atoms with Crippen LogP contribution in [0.5, 0.6) is 5.75 Å². The average Bonchev–Trinajstić information content (AvgIpc) is 2.34. The first-order valence-electron chi connectivity index (χ1n) is 6.35. The number of rotatable bonds is 4. The van der Waals surface area contributed by atoms with E-state index in [9.17, 15) is 9.90 Å². The number of nitrogens with zero attached hydrogens (tertiary/aromatic N) is 1. The van der Waals surface area contributed by atoms with Gasteiger partial charge in [0.25, 0.3) is 0 Å². The third-order valence-electron chi connectivity index (χ3n) is 3.51. The van der Waals surface area contributed by atoms with Gasteiger partial charge in [0.05, 0.1) is 0 Å². The van der Waals surface area contributed by atoms with Gasteiger partial charge in [-0.3, -0.25) is 9.69 Å². The molecule has 1 aliphatic rings. The van der Waals surface area contributed by atoms with E-state index < -0.39 is 5.97 Å². The molecule has 2 rings (SSSR count). The molecule has 0 spiro atoms. The molecule has 98 valence electrons. The highest BCUT2D eigenvalue weighted by atomic mass is 16.4. The van der Waals surface area contributed by atoms with E-state index in [1.54, 1.807) is 12.1 Å². The fourth-order valence-corrected chi connectivity index (χ4v) is 2.46. The molecule has 0 saturated carbocycles. The van der Waals surface area contributed by atoms with Crippen molar-refractivity contribution in [3.05, 3.63) is 29.8 Å². The standard InChI is InChI=1S/C14H19NO3/c16-13-3-1-12(2-4-13)10-15-7-5-11(6-8-15)9-14(17)18/h1-4,11,16H,5-10H2,(H,17,18). The molecule has 1 saturated heterocycles. The lowest BCUT2D eigenvalue weighted by Gasteiger charge is -2.31. The Morgan fingerprint density at radius 2 is 1.83 bits per heavy atom. The summed E-state index contributed by atoms with van der Waals surface area (Å²) in [6.07, 6.45) is 2.22. The highest BCUT2D eigenvalue weighted by molar-refractivity contribution is 5.67. The van der Waals surface area contributed by atoms with Gasteiger partial charge in [0.1, 0.15) is 5.75 Å². The van der Waals surface area contributed by atoms with Gasteiger partial charge in [0.2, 0.25) is 0 Å². The first-order valence-corrected chi connectivity index (χ1v) is 6.35. The number of benzene rings is 1. The Bertz CT molecular complexity index is 394. The third kappa shape index (κ3) is 3.74. The lowest BCUT2D eigenvalue weighted by atomic mass is 9.93. The fourth-order valence-electron chi connectivity index (χ4n) is 2.46. The van der Waals surface area contributed by atoms with Crippen LogP contribution in [0.25, 0.3) is 0 Å². The third-order valence-corrected chi connectivity index (χ3v) is 3.51. The highest BCUT2D eigenvalue weighted by Gasteiger charge is 2.21. The number of likely N-dealkylation sites (tertiary alicyclic amines) is 1. The summed E-state index contributed by atoms with van der Waals surface area (Å²) in [6.45, 7) is 2.79. The van der Waals surface area contributed by atoms with E-state index in [2.05, 4.69) is 4.90 Å². The SMILES string of the molecule is O=C(O)CC1CCN(Cc2ccc(O)cc2)CC1. The molecular formula is C14H19NO3. The average molecular weight is 249 g/mol. The Labute approximate surface area is 107 Å². The number of carboxylic acid groups (broad SMARTS) is 1. The van der Waals surface area contributed by atoms with Crippen LogP contribution in [0, 0.1) is 5.92 Å². The lowest BCUT2D eigenvalue weighted by Crippen LogP contribution is -2.33. The minimum absolute atomic E-state index is 0.291. The summed E-state index contributed by atoms with van der Waals surface area (Å²) in [5.41, 5.74) is 1.18. The number of carboxylic acids is 1. The molecule has 0 atom stereocenters. The first-order chi connectivity index (χ1) is 8.63. The summed E-state index contributed by atoms with van der Waals surface area (Å²) in [6, 6.07) is 7.26. The van der Waals surface area contributed by atoms with E-state index in [0.717, 1.165) is 32.5 Å². The van der Waals surface area contributed by atoms with Crippen LogP contribution in [-0.2, 0) is 11.3 Å². The van der Waals surface area contributed by atoms with E-state index in [0.29, 0.717) is 18.1 Å². The van der Waals surface area contributed by atoms with Crippen molar-refractivity contribution in [1.82, 2.24) is 4.90 Å². The van der Waals surface area contributed by atoms with Crippen LogP contribution in [0.2, 0.25) is 0 Å². The summed E-state index contributed by atoms with van der Waals surface area (Å²) in [4.78, 5) is 13.0. The highest BCUT2D eigenvalue weighted by Crippen LogP contribution is 2.22. The predicted octanol–water partition coefficient (Wildman–Crippen LogP) is 2.08. The molecule has 2 N–H and O–H groups in total. The Kier molecular flexibility index (Phi) is 4.20. The quantitative estimate of drug-likeness (QED) is 0.857. The van der Waals surface area contributed by atoms with Crippen LogP contribution in [0.1, 0.15) is 24.8 Å². The molecule has 4 nitrogen and oxygen atoms in total. The summed E-state index contributed by atoms with van der Waals surface area (Å²) in [7, 11) is 0. The van der Waals surface area contributed by atoms with E-state index in [1.807, 2.05) is 12.1 Å². The Balaban J connectivity index is 1.79. The van der Waals surface area contributed by atoms with Gasteiger partial charge in [0, 0.05) is 13.0 Å². The molecule has 1 aliphatic heterocycles. The molecule has 0 aromatic heterocycles. The summed E-state index contributed by atoms with van der Waals surface area (Å²) in [5, 5.41) is 18.0. The number of hydrogen-bond donors (Lipinski definition) is 2. The molecule has 1 aromatic carbocycles. The largest absolute Gasteiger partial charge is 0.508 e. The number of carbonyl (C=O) groups is 1. The molecular weight excluding hydrogens is 230 g/mol. The van der Waals surface area contributed by atoms with Gasteiger partial charge in [-0.05, 0) is 49.5 Å². The minimum Gasteiger partial charge on any atom is -0.508 e. The molecule has 0 radical (unpaired) electrons. The second-order valence-electron chi connectivity index (χ2n) is 4.98. The van der Waals surface area contributed by atoms with Gasteiger partial charge in [-0.15, -0.1) is 0 Å². The van der Waals surface area contributed by atoms with Crippen LogP contribution in [-0.4, -0.2) is 34.2 Å². The van der Waals surface area contributed by atoms with E-state index >= 15 is 0 Å². The maximum Gasteiger partial charge on any atom is 0.303 e. The van der Waals surface area contributed by atoms with Crippen LogP contribution in [0.15, 0.2) is 24.3 Å². The smallest absolute Gasteiger partial charge is 0.303 e. The zero-order chi connectivity index (χ0) is 13.0. The van der Waals surface area contributed by atoms with Crippen LogP contribution in [0.3, 0.4) is 0 Å². The minimum atomic E-state index is -0.688. The topological polar surface area (TPSA) is 60.8 Å². The van der Waals surface area contributed by atoms with Crippen molar-refractivity contribution in [2.75, 3.05) is 13.1 Å². The van der Waals surface area contributed by atoms with Crippen LogP contribution >= 0.6 is 0 Å². The number of phenolic OH excluding ortho intramolecular Hbond substituents is 1. The molecule has 0 amide bonds. The van der Waals surface area contributed by atoms with Gasteiger partial charge in [0.15, 0.2) is 0 Å². The van der Waals surface area contributed by atoms with Crippen molar-refractivity contribution >= 4 is 5.97 Å². The van der Waals surface area contributed by atoms with E-state index in [4.69, 9.17) is 5.11 Å². The van der Waals surface area contributed by atoms with Gasteiger partial charge >= 0.3 is 5.97 Å². The Morgan fingerprint density at radius 3 is 2.39 bits per heavy atom. The predicted molar refractivity (Wildman–Crippen MR) is 68.4 cm³/mol. The van der Waals surface area contributed by atoms with Crippen molar-refractivity contribution in [2.24, 2.45) is 5.92 Å². The molecule has 1 fully saturated rings. The molecule has 4 heteroatoms. The number of aromatic hydroxyl groups is 1. The molecule has 18 heavy (non-hydrogen) atoms. The van der Waals surface area contributed by atoms with Crippen molar-refractivity contribution in [3.63, 3.8) is 0 Å². The van der Waals surface area contributed by atoms with Gasteiger partial charge in [-0.2, -0.15) is 0 Å². The molecule has 1 heterocycles. The van der Waals surface area contributed by atoms with E-state index in [-0.39, 0.29) is 0 Å².